The molecular formula is C18H37N5O5. The van der Waals surface area contributed by atoms with Crippen LogP contribution in [-0.2, 0) is 23.9 Å². The van der Waals surface area contributed by atoms with Crippen molar-refractivity contribution in [1.29, 1.82) is 0 Å². The van der Waals surface area contributed by atoms with Crippen LogP contribution in [0.25, 0.3) is 0 Å². The lowest BCUT2D eigenvalue weighted by atomic mass is 10.3. The Morgan fingerprint density at radius 1 is 0.786 bits per heavy atom. The molecule has 28 heavy (non-hydrogen) atoms. The average Bonchev–Trinajstić information content (AvgIpc) is 2.72. The van der Waals surface area contributed by atoms with Crippen LogP contribution in [0.4, 0.5) is 0 Å². The molecule has 0 aliphatic heterocycles. The van der Waals surface area contributed by atoms with Gasteiger partial charge in [-0.2, -0.15) is 0 Å². The third kappa shape index (κ3) is 14.3. The molecular weight excluding hydrogens is 366 g/mol. The second kappa shape index (κ2) is 17.4. The minimum absolute atomic E-state index is 0.00634. The van der Waals surface area contributed by atoms with Crippen molar-refractivity contribution in [1.82, 2.24) is 20.4 Å². The Labute approximate surface area is 168 Å². The van der Waals surface area contributed by atoms with Gasteiger partial charge in [-0.25, -0.2) is 0 Å². The van der Waals surface area contributed by atoms with Crippen molar-refractivity contribution in [3.05, 3.63) is 0 Å². The van der Waals surface area contributed by atoms with E-state index in [-0.39, 0.29) is 30.7 Å². The zero-order chi connectivity index (χ0) is 21.2. The first kappa shape index (κ1) is 26.2. The summed E-state index contributed by atoms with van der Waals surface area (Å²) in [4.78, 5) is 38.7. The molecule has 0 saturated carbocycles. The number of nitrogens with one attached hydrogen (secondary N) is 2. The highest BCUT2D eigenvalue weighted by atomic mass is 16.5. The van der Waals surface area contributed by atoms with E-state index in [4.69, 9.17) is 15.2 Å². The van der Waals surface area contributed by atoms with E-state index < -0.39 is 0 Å². The Hall–Kier alpha value is -1.75. The van der Waals surface area contributed by atoms with Gasteiger partial charge in [0, 0.05) is 72.4 Å². The quantitative estimate of drug-likeness (QED) is 0.194. The molecule has 0 aliphatic carbocycles. The summed E-state index contributed by atoms with van der Waals surface area (Å²) < 4.78 is 9.39. The number of ether oxygens (including phenoxy) is 2. The van der Waals surface area contributed by atoms with E-state index >= 15 is 0 Å². The zero-order valence-electron chi connectivity index (χ0n) is 17.5. The summed E-state index contributed by atoms with van der Waals surface area (Å²) in [6, 6.07) is 0. The van der Waals surface area contributed by atoms with Crippen LogP contribution in [-0.4, -0.2) is 108 Å². The van der Waals surface area contributed by atoms with Gasteiger partial charge in [0.05, 0.1) is 27.1 Å². The molecule has 0 aliphatic rings. The summed E-state index contributed by atoms with van der Waals surface area (Å²) in [5, 5.41) is 5.88. The summed E-state index contributed by atoms with van der Waals surface area (Å²) in [5.41, 5.74) is 5.49. The van der Waals surface area contributed by atoms with Gasteiger partial charge >= 0.3 is 11.9 Å². The number of nitrogens with zero attached hydrogens (tertiary/aromatic N) is 2. The minimum Gasteiger partial charge on any atom is -0.469 e. The van der Waals surface area contributed by atoms with Crippen LogP contribution in [0.5, 0.6) is 0 Å². The Morgan fingerprint density at radius 3 is 1.75 bits per heavy atom. The second-order valence-corrected chi connectivity index (χ2v) is 6.30. The molecule has 0 atom stereocenters. The van der Waals surface area contributed by atoms with Crippen molar-refractivity contribution in [3.8, 4) is 0 Å². The lowest BCUT2D eigenvalue weighted by Gasteiger charge is -2.27. The highest BCUT2D eigenvalue weighted by Crippen LogP contribution is 2.00. The van der Waals surface area contributed by atoms with Gasteiger partial charge in [-0.15, -0.1) is 0 Å². The van der Waals surface area contributed by atoms with Gasteiger partial charge in [0.1, 0.15) is 0 Å². The summed E-state index contributed by atoms with van der Waals surface area (Å²) in [5.74, 6) is -0.579. The Kier molecular flexibility index (Phi) is 16.3. The zero-order valence-corrected chi connectivity index (χ0v) is 17.5. The summed E-state index contributed by atoms with van der Waals surface area (Å²) in [6.45, 7) is 5.87. The van der Waals surface area contributed by atoms with Crippen molar-refractivity contribution in [3.63, 3.8) is 0 Å². The fraction of sp³-hybridized carbons (Fsp3) is 0.833. The molecule has 0 aromatic heterocycles. The van der Waals surface area contributed by atoms with E-state index in [9.17, 15) is 14.4 Å². The molecule has 0 radical (unpaired) electrons. The van der Waals surface area contributed by atoms with Crippen molar-refractivity contribution < 1.29 is 23.9 Å². The summed E-state index contributed by atoms with van der Waals surface area (Å²) in [6.07, 6.45) is 0.930. The number of nitrogens with two attached hydrogens (primary N) is 1. The number of hydrogen-bond donors (Lipinski definition) is 3. The molecule has 10 nitrogen and oxygen atoms in total. The van der Waals surface area contributed by atoms with Crippen molar-refractivity contribution in [2.75, 3.05) is 80.2 Å². The number of carbonyl (C=O) groups is 3. The van der Waals surface area contributed by atoms with Gasteiger partial charge in [-0.3, -0.25) is 14.4 Å². The highest BCUT2D eigenvalue weighted by Gasteiger charge is 2.14. The first-order chi connectivity index (χ1) is 13.5. The second-order valence-electron chi connectivity index (χ2n) is 6.30. The minimum atomic E-state index is -0.287. The van der Waals surface area contributed by atoms with E-state index in [0.717, 1.165) is 19.6 Å². The van der Waals surface area contributed by atoms with Gasteiger partial charge in [0.15, 0.2) is 0 Å². The molecule has 0 heterocycles. The molecule has 10 heteroatoms. The topological polar surface area (TPSA) is 126 Å². The van der Waals surface area contributed by atoms with Crippen LogP contribution < -0.4 is 16.4 Å². The van der Waals surface area contributed by atoms with E-state index in [1.165, 1.54) is 14.2 Å². The van der Waals surface area contributed by atoms with Crippen LogP contribution in [0.15, 0.2) is 0 Å². The van der Waals surface area contributed by atoms with Gasteiger partial charge in [0.25, 0.3) is 0 Å². The maximum Gasteiger partial charge on any atom is 0.306 e. The van der Waals surface area contributed by atoms with Gasteiger partial charge in [-0.1, -0.05) is 0 Å². The smallest absolute Gasteiger partial charge is 0.306 e. The van der Waals surface area contributed by atoms with E-state index in [2.05, 4.69) is 15.5 Å². The number of esters is 2. The van der Waals surface area contributed by atoms with E-state index in [0.29, 0.717) is 45.7 Å². The lowest BCUT2D eigenvalue weighted by Crippen LogP contribution is -2.41. The summed E-state index contributed by atoms with van der Waals surface area (Å²) >= 11 is 0. The molecule has 164 valence electrons. The molecule has 0 spiro atoms. The SMILES string of the molecule is CNC(=O)CCN(CCNCCN)CCN(CCC(=O)OC)CCC(=O)OC. The number of carbonyl (C=O) groups excluding carboxylic acids is 3. The van der Waals surface area contributed by atoms with Crippen LogP contribution in [0, 0.1) is 0 Å². The number of hydrogen-bond acceptors (Lipinski definition) is 9. The molecule has 0 aromatic carbocycles. The first-order valence-corrected chi connectivity index (χ1v) is 9.66. The number of amides is 1. The van der Waals surface area contributed by atoms with Crippen molar-refractivity contribution >= 4 is 17.8 Å². The normalized spacial score (nSPS) is 10.9. The van der Waals surface area contributed by atoms with Gasteiger partial charge < -0.3 is 35.6 Å². The number of methoxy groups -OCH3 is 2. The van der Waals surface area contributed by atoms with Crippen LogP contribution in [0.2, 0.25) is 0 Å². The third-order valence-electron chi connectivity index (χ3n) is 4.31. The van der Waals surface area contributed by atoms with Gasteiger partial charge in [0.2, 0.25) is 5.91 Å². The van der Waals surface area contributed by atoms with Crippen molar-refractivity contribution in [2.45, 2.75) is 19.3 Å². The molecule has 4 N–H and O–H groups in total. The fourth-order valence-electron chi connectivity index (χ4n) is 2.51. The molecule has 0 fully saturated rings. The molecule has 0 saturated heterocycles. The standard InChI is InChI=1S/C18H37N5O5/c1-20-16(24)4-10-23(13-9-21-8-7-19)15-14-22(11-5-17(25)27-2)12-6-18(26)28-3/h21H,4-15,19H2,1-3H3,(H,20,24). The molecule has 0 bridgehead atoms. The van der Waals surface area contributed by atoms with Crippen molar-refractivity contribution in [2.24, 2.45) is 5.73 Å². The lowest BCUT2D eigenvalue weighted by molar-refractivity contribution is -0.141. The molecule has 1 amide bonds. The predicted molar refractivity (Wildman–Crippen MR) is 107 cm³/mol. The first-order valence-electron chi connectivity index (χ1n) is 9.66. The maximum absolute atomic E-state index is 11.6. The fourth-order valence-corrected chi connectivity index (χ4v) is 2.51. The number of rotatable bonds is 17. The molecule has 0 unspecified atom stereocenters. The Balaban J connectivity index is 4.64. The monoisotopic (exact) mass is 403 g/mol. The Bertz CT molecular complexity index is 430. The Morgan fingerprint density at radius 2 is 1.29 bits per heavy atom. The van der Waals surface area contributed by atoms with Crippen LogP contribution >= 0.6 is 0 Å². The molecule has 0 aromatic rings. The van der Waals surface area contributed by atoms with Crippen LogP contribution in [0.3, 0.4) is 0 Å². The molecule has 0 rings (SSSR count). The van der Waals surface area contributed by atoms with Gasteiger partial charge in [-0.05, 0) is 0 Å². The summed E-state index contributed by atoms with van der Waals surface area (Å²) in [7, 11) is 4.34. The largest absolute Gasteiger partial charge is 0.469 e. The highest BCUT2D eigenvalue weighted by molar-refractivity contribution is 5.75. The predicted octanol–water partition coefficient (Wildman–Crippen LogP) is -1.60. The van der Waals surface area contributed by atoms with E-state index in [1.807, 2.05) is 4.90 Å². The van der Waals surface area contributed by atoms with E-state index in [1.54, 1.807) is 7.05 Å². The van der Waals surface area contributed by atoms with Crippen LogP contribution in [0.1, 0.15) is 19.3 Å². The third-order valence-corrected chi connectivity index (χ3v) is 4.31. The average molecular weight is 404 g/mol. The maximum atomic E-state index is 11.6.